The summed E-state index contributed by atoms with van der Waals surface area (Å²) in [6, 6.07) is 3.79. The highest BCUT2D eigenvalue weighted by Crippen LogP contribution is 2.34. The van der Waals surface area contributed by atoms with Gasteiger partial charge in [-0.2, -0.15) is 9.65 Å². The summed E-state index contributed by atoms with van der Waals surface area (Å²) in [6.45, 7) is 0. The summed E-state index contributed by atoms with van der Waals surface area (Å²) in [4.78, 5) is 20.1. The van der Waals surface area contributed by atoms with Gasteiger partial charge in [-0.3, -0.25) is 10.1 Å². The highest BCUT2D eigenvalue weighted by atomic mass is 127. The first kappa shape index (κ1) is 14.1. The Balaban J connectivity index is 3.30. The molecule has 9 heteroatoms. The van der Waals surface area contributed by atoms with Crippen LogP contribution in [0.15, 0.2) is 12.1 Å². The Morgan fingerprint density at radius 2 is 2.28 bits per heavy atom. The van der Waals surface area contributed by atoms with E-state index in [0.29, 0.717) is 0 Å². The number of rotatable bonds is 4. The molecule has 1 aromatic carbocycles. The minimum absolute atomic E-state index is 0.0100. The van der Waals surface area contributed by atoms with Crippen LogP contribution in [0.4, 0.5) is 10.1 Å². The molecule has 0 spiro atoms. The van der Waals surface area contributed by atoms with Crippen LogP contribution in [-0.2, 0) is 4.79 Å². The van der Waals surface area contributed by atoms with E-state index in [1.807, 2.05) is 0 Å². The van der Waals surface area contributed by atoms with E-state index >= 15 is 0 Å². The van der Waals surface area contributed by atoms with E-state index in [2.05, 4.69) is 4.74 Å². The van der Waals surface area contributed by atoms with Gasteiger partial charge in [0.2, 0.25) is 5.75 Å². The fourth-order valence-electron chi connectivity index (χ4n) is 1.05. The van der Waals surface area contributed by atoms with Gasteiger partial charge < -0.3 is 9.84 Å². The number of nitrogens with zero attached hydrogens (tertiary/aromatic N) is 2. The molecule has 0 amide bonds. The Morgan fingerprint density at radius 1 is 1.67 bits per heavy atom. The summed E-state index contributed by atoms with van der Waals surface area (Å²) in [5, 5.41) is 27.7. The molecule has 0 aliphatic heterocycles. The molecule has 1 unspecified atom stereocenters. The predicted molar refractivity (Wildman–Crippen MR) is 63.7 cm³/mol. The molecule has 1 rings (SSSR count). The molecule has 0 saturated carbocycles. The highest BCUT2D eigenvalue weighted by molar-refractivity contribution is 14.1. The van der Waals surface area contributed by atoms with Crippen LogP contribution >= 0.6 is 22.6 Å². The van der Waals surface area contributed by atoms with Gasteiger partial charge in [0.25, 0.3) is 0 Å². The van der Waals surface area contributed by atoms with E-state index in [9.17, 15) is 19.3 Å². The number of halogens is 2. The molecular formula is C9H4FIN2O5. The van der Waals surface area contributed by atoms with Crippen LogP contribution in [0.5, 0.6) is 5.75 Å². The van der Waals surface area contributed by atoms with Crippen molar-refractivity contribution in [3.8, 4) is 11.8 Å². The van der Waals surface area contributed by atoms with Crippen molar-refractivity contribution in [3.05, 3.63) is 31.4 Å². The van der Waals surface area contributed by atoms with Crippen LogP contribution in [0.1, 0.15) is 5.56 Å². The number of nitro groups is 1. The molecule has 0 aromatic heterocycles. The van der Waals surface area contributed by atoms with Crippen LogP contribution in [0.25, 0.3) is 0 Å². The van der Waals surface area contributed by atoms with Crippen molar-refractivity contribution in [2.45, 2.75) is 6.36 Å². The van der Waals surface area contributed by atoms with Gasteiger partial charge in [0.1, 0.15) is 0 Å². The number of carboxylic acids is 1. The van der Waals surface area contributed by atoms with Crippen LogP contribution in [-0.4, -0.2) is 22.4 Å². The van der Waals surface area contributed by atoms with E-state index in [0.717, 1.165) is 6.07 Å². The maximum atomic E-state index is 12.9. The first-order valence-electron chi connectivity index (χ1n) is 4.28. The van der Waals surface area contributed by atoms with Crippen LogP contribution in [0.2, 0.25) is 0 Å². The van der Waals surface area contributed by atoms with Crippen LogP contribution in [0.3, 0.4) is 0 Å². The fourth-order valence-corrected chi connectivity index (χ4v) is 1.79. The Kier molecular flexibility index (Phi) is 4.38. The molecule has 1 N–H and O–H groups in total. The monoisotopic (exact) mass is 366 g/mol. The number of aliphatic carboxylic acids is 1. The SMILES string of the molecule is N#Cc1cc(I)c(OC(F)C(=O)O)c([N+](=O)[O-])c1. The lowest BCUT2D eigenvalue weighted by Crippen LogP contribution is -2.22. The Morgan fingerprint density at radius 3 is 2.72 bits per heavy atom. The lowest BCUT2D eigenvalue weighted by atomic mass is 10.2. The van der Waals surface area contributed by atoms with Gasteiger partial charge >= 0.3 is 18.0 Å². The average molecular weight is 366 g/mol. The Bertz CT molecular complexity index is 557. The normalized spacial score (nSPS) is 11.4. The molecule has 7 nitrogen and oxygen atoms in total. The smallest absolute Gasteiger partial charge is 0.378 e. The van der Waals surface area contributed by atoms with Crippen molar-refractivity contribution in [2.75, 3.05) is 0 Å². The zero-order valence-electron chi connectivity index (χ0n) is 8.46. The number of carboxylic acid groups (broad SMARTS) is 1. The minimum Gasteiger partial charge on any atom is -0.476 e. The largest absolute Gasteiger partial charge is 0.476 e. The lowest BCUT2D eigenvalue weighted by Gasteiger charge is -2.09. The van der Waals surface area contributed by atoms with Crippen molar-refractivity contribution in [3.63, 3.8) is 0 Å². The van der Waals surface area contributed by atoms with Gasteiger partial charge in [-0.05, 0) is 28.7 Å². The van der Waals surface area contributed by atoms with Crippen molar-refractivity contribution < 1.29 is 24.0 Å². The number of hydrogen-bond acceptors (Lipinski definition) is 5. The molecule has 1 atom stereocenters. The van der Waals surface area contributed by atoms with Crippen LogP contribution < -0.4 is 4.74 Å². The van der Waals surface area contributed by atoms with E-state index in [-0.39, 0.29) is 9.13 Å². The summed E-state index contributed by atoms with van der Waals surface area (Å²) >= 11 is 1.58. The van der Waals surface area contributed by atoms with Gasteiger partial charge in [-0.1, -0.05) is 0 Å². The van der Waals surface area contributed by atoms with Gasteiger partial charge in [0.05, 0.1) is 20.1 Å². The second-order valence-corrected chi connectivity index (χ2v) is 4.11. The summed E-state index contributed by atoms with van der Waals surface area (Å²) in [6.07, 6.45) is -2.72. The number of alkyl halides is 1. The van der Waals surface area contributed by atoms with E-state index in [4.69, 9.17) is 10.4 Å². The molecular weight excluding hydrogens is 362 g/mol. The van der Waals surface area contributed by atoms with Crippen LogP contribution in [0, 0.1) is 25.0 Å². The highest BCUT2D eigenvalue weighted by Gasteiger charge is 2.26. The molecule has 0 radical (unpaired) electrons. The molecule has 0 heterocycles. The topological polar surface area (TPSA) is 113 Å². The van der Waals surface area contributed by atoms with Crippen molar-refractivity contribution in [2.24, 2.45) is 0 Å². The number of benzene rings is 1. The Labute approximate surface area is 113 Å². The molecule has 0 aliphatic carbocycles. The maximum absolute atomic E-state index is 12.9. The molecule has 94 valence electrons. The molecule has 1 aromatic rings. The van der Waals surface area contributed by atoms with Crippen molar-refractivity contribution in [1.29, 1.82) is 5.26 Å². The molecule has 0 fully saturated rings. The van der Waals surface area contributed by atoms with Gasteiger partial charge in [-0.15, -0.1) is 0 Å². The first-order valence-corrected chi connectivity index (χ1v) is 5.36. The number of nitriles is 1. The molecule has 0 bridgehead atoms. The number of hydrogen-bond donors (Lipinski definition) is 1. The van der Waals surface area contributed by atoms with Gasteiger partial charge in [0, 0.05) is 6.07 Å². The lowest BCUT2D eigenvalue weighted by molar-refractivity contribution is -0.386. The van der Waals surface area contributed by atoms with E-state index in [1.54, 1.807) is 28.7 Å². The fraction of sp³-hybridized carbons (Fsp3) is 0.111. The molecule has 0 saturated heterocycles. The minimum atomic E-state index is -2.72. The quantitative estimate of drug-likeness (QED) is 0.494. The predicted octanol–water partition coefficient (Wildman–Crippen LogP) is 1.83. The zero-order chi connectivity index (χ0) is 13.9. The molecule has 18 heavy (non-hydrogen) atoms. The van der Waals surface area contributed by atoms with E-state index < -0.39 is 28.7 Å². The Hall–Kier alpha value is -1.96. The maximum Gasteiger partial charge on any atom is 0.378 e. The average Bonchev–Trinajstić information content (AvgIpc) is 2.30. The zero-order valence-corrected chi connectivity index (χ0v) is 10.6. The summed E-state index contributed by atoms with van der Waals surface area (Å²) in [5.74, 6) is -2.42. The summed E-state index contributed by atoms with van der Waals surface area (Å²) < 4.78 is 17.3. The third-order valence-corrected chi connectivity index (χ3v) is 2.57. The van der Waals surface area contributed by atoms with Gasteiger partial charge in [0.15, 0.2) is 0 Å². The third-order valence-electron chi connectivity index (χ3n) is 1.77. The van der Waals surface area contributed by atoms with Crippen molar-refractivity contribution in [1.82, 2.24) is 0 Å². The number of ether oxygens (including phenoxy) is 1. The second kappa shape index (κ2) is 5.58. The second-order valence-electron chi connectivity index (χ2n) is 2.95. The summed E-state index contributed by atoms with van der Waals surface area (Å²) in [5.41, 5.74) is -0.675. The van der Waals surface area contributed by atoms with Crippen molar-refractivity contribution >= 4 is 34.2 Å². The van der Waals surface area contributed by atoms with Gasteiger partial charge in [-0.25, -0.2) is 4.79 Å². The molecule has 0 aliphatic rings. The first-order chi connectivity index (χ1) is 8.36. The number of nitro benzene ring substituents is 1. The standard InChI is InChI=1S/C9H4FIN2O5/c10-8(9(14)15)18-7-5(11)1-4(3-12)2-6(7)13(16)17/h1-2,8H,(H,14,15). The third kappa shape index (κ3) is 3.04. The summed E-state index contributed by atoms with van der Waals surface area (Å²) in [7, 11) is 0. The van der Waals surface area contributed by atoms with E-state index in [1.165, 1.54) is 6.07 Å². The number of carbonyl (C=O) groups is 1.